The van der Waals surface area contributed by atoms with Crippen LogP contribution in [0.2, 0.25) is 0 Å². The molecule has 140 valence electrons. The van der Waals surface area contributed by atoms with E-state index in [9.17, 15) is 0 Å². The number of thiocarbonyl (C=S) groups is 1. The number of hydrogen-bond donors (Lipinski definition) is 2. The topological polar surface area (TPSA) is 24.1 Å². The number of unbranched alkanes of at least 4 members (excludes halogenated alkanes) is 7. The Balaban J connectivity index is 1.61. The van der Waals surface area contributed by atoms with Crippen LogP contribution >= 0.6 is 12.2 Å². The van der Waals surface area contributed by atoms with Crippen molar-refractivity contribution in [1.29, 1.82) is 0 Å². The molecule has 25 heavy (non-hydrogen) atoms. The molecule has 0 unspecified atom stereocenters. The average Bonchev–Trinajstić information content (AvgIpc) is 2.65. The molecule has 1 aromatic carbocycles. The molecule has 0 amide bonds. The molecule has 0 radical (unpaired) electrons. The van der Waals surface area contributed by atoms with Gasteiger partial charge in [-0.3, -0.25) is 0 Å². The molecule has 1 atom stereocenters. The van der Waals surface area contributed by atoms with Gasteiger partial charge in [-0.15, -0.1) is 0 Å². The first-order chi connectivity index (χ1) is 12.3. The highest BCUT2D eigenvalue weighted by Crippen LogP contribution is 2.13. The molecule has 2 nitrogen and oxygen atoms in total. The summed E-state index contributed by atoms with van der Waals surface area (Å²) in [5.41, 5.74) is 2.59. The Morgan fingerprint density at radius 3 is 2.36 bits per heavy atom. The van der Waals surface area contributed by atoms with Crippen LogP contribution in [0.15, 0.2) is 24.3 Å². The molecule has 0 aromatic heterocycles. The zero-order valence-corrected chi connectivity index (χ0v) is 16.8. The first kappa shape index (κ1) is 20.4. The van der Waals surface area contributed by atoms with Gasteiger partial charge in [0.05, 0.1) is 0 Å². The molecule has 1 saturated heterocycles. The van der Waals surface area contributed by atoms with Gasteiger partial charge in [-0.05, 0) is 37.8 Å². The third-order valence-corrected chi connectivity index (χ3v) is 5.52. The minimum absolute atomic E-state index is 0.484. The standard InChI is InChI=1S/C22H36N2S/c1-2-3-4-5-6-7-8-9-11-19-13-15-20(16-14-19)22(25)24-21-12-10-17-23-18-21/h13-16,21,23H,2-12,17-18H2,1H3,(H,24,25)/t21-/m1/s1. The quantitative estimate of drug-likeness (QED) is 0.409. The Hall–Kier alpha value is -0.930. The Morgan fingerprint density at radius 1 is 1.04 bits per heavy atom. The molecule has 0 saturated carbocycles. The van der Waals surface area contributed by atoms with E-state index in [4.69, 9.17) is 12.2 Å². The van der Waals surface area contributed by atoms with E-state index in [1.165, 1.54) is 76.2 Å². The van der Waals surface area contributed by atoms with Gasteiger partial charge in [0.1, 0.15) is 4.99 Å². The van der Waals surface area contributed by atoms with Gasteiger partial charge >= 0.3 is 0 Å². The van der Waals surface area contributed by atoms with Crippen LogP contribution < -0.4 is 10.6 Å². The third kappa shape index (κ3) is 8.33. The van der Waals surface area contributed by atoms with Crippen LogP contribution in [0.3, 0.4) is 0 Å². The monoisotopic (exact) mass is 360 g/mol. The summed E-state index contributed by atoms with van der Waals surface area (Å²) in [5, 5.41) is 6.93. The average molecular weight is 361 g/mol. The summed E-state index contributed by atoms with van der Waals surface area (Å²) in [7, 11) is 0. The molecule has 1 heterocycles. The van der Waals surface area contributed by atoms with Crippen molar-refractivity contribution in [2.24, 2.45) is 0 Å². The van der Waals surface area contributed by atoms with E-state index in [0.29, 0.717) is 6.04 Å². The van der Waals surface area contributed by atoms with Crippen LogP contribution in [0.25, 0.3) is 0 Å². The summed E-state index contributed by atoms with van der Waals surface area (Å²) in [6.45, 7) is 4.44. The van der Waals surface area contributed by atoms with Crippen LogP contribution in [0.1, 0.15) is 82.3 Å². The lowest BCUT2D eigenvalue weighted by Crippen LogP contribution is -2.45. The number of nitrogens with one attached hydrogen (secondary N) is 2. The molecule has 3 heteroatoms. The third-order valence-electron chi connectivity index (χ3n) is 5.17. The van der Waals surface area contributed by atoms with Crippen molar-refractivity contribution in [2.45, 2.75) is 83.6 Å². The van der Waals surface area contributed by atoms with Gasteiger partial charge in [-0.2, -0.15) is 0 Å². The van der Waals surface area contributed by atoms with Crippen molar-refractivity contribution in [2.75, 3.05) is 13.1 Å². The second-order valence-corrected chi connectivity index (χ2v) is 7.85. The van der Waals surface area contributed by atoms with Crippen molar-refractivity contribution in [3.63, 3.8) is 0 Å². The zero-order valence-electron chi connectivity index (χ0n) is 16.0. The van der Waals surface area contributed by atoms with E-state index in [2.05, 4.69) is 41.8 Å². The van der Waals surface area contributed by atoms with Gasteiger partial charge in [-0.1, -0.05) is 88.4 Å². The van der Waals surface area contributed by atoms with Gasteiger partial charge in [-0.25, -0.2) is 0 Å². The van der Waals surface area contributed by atoms with Crippen molar-refractivity contribution < 1.29 is 0 Å². The Labute approximate surface area is 160 Å². The minimum Gasteiger partial charge on any atom is -0.372 e. The van der Waals surface area contributed by atoms with E-state index in [0.717, 1.165) is 23.6 Å². The summed E-state index contributed by atoms with van der Waals surface area (Å²) in [5.74, 6) is 0. The second kappa shape index (κ2) is 12.4. The van der Waals surface area contributed by atoms with Crippen molar-refractivity contribution >= 4 is 17.2 Å². The van der Waals surface area contributed by atoms with Gasteiger partial charge in [0, 0.05) is 18.2 Å². The van der Waals surface area contributed by atoms with Crippen LogP contribution in [-0.4, -0.2) is 24.1 Å². The lowest BCUT2D eigenvalue weighted by molar-refractivity contribution is 0.433. The summed E-state index contributed by atoms with van der Waals surface area (Å²) >= 11 is 5.57. The molecule has 1 aliphatic heterocycles. The largest absolute Gasteiger partial charge is 0.372 e. The Bertz CT molecular complexity index is 477. The molecule has 0 bridgehead atoms. The van der Waals surface area contributed by atoms with Gasteiger partial charge in [0.2, 0.25) is 0 Å². The SMILES string of the molecule is CCCCCCCCCCc1ccc(C(=S)N[C@@H]2CCCNC2)cc1. The molecule has 2 N–H and O–H groups in total. The fourth-order valence-corrected chi connectivity index (χ4v) is 3.83. The van der Waals surface area contributed by atoms with Gasteiger partial charge < -0.3 is 10.6 Å². The molecule has 1 aromatic rings. The smallest absolute Gasteiger partial charge is 0.106 e. The predicted molar refractivity (Wildman–Crippen MR) is 113 cm³/mol. The van der Waals surface area contributed by atoms with E-state index in [-0.39, 0.29) is 0 Å². The van der Waals surface area contributed by atoms with Crippen molar-refractivity contribution in [3.8, 4) is 0 Å². The molecular formula is C22H36N2S. The predicted octanol–water partition coefficient (Wildman–Crippen LogP) is 5.39. The molecule has 2 rings (SSSR count). The highest BCUT2D eigenvalue weighted by atomic mass is 32.1. The molecule has 1 aliphatic rings. The number of hydrogen-bond acceptors (Lipinski definition) is 2. The number of aryl methyl sites for hydroxylation is 1. The van der Waals surface area contributed by atoms with Crippen LogP contribution in [0.4, 0.5) is 0 Å². The first-order valence-electron chi connectivity index (χ1n) is 10.4. The van der Waals surface area contributed by atoms with Crippen LogP contribution in [0, 0.1) is 0 Å². The van der Waals surface area contributed by atoms with Gasteiger partial charge in [0.25, 0.3) is 0 Å². The Morgan fingerprint density at radius 2 is 1.72 bits per heavy atom. The highest BCUT2D eigenvalue weighted by Gasteiger charge is 2.14. The number of rotatable bonds is 11. The van der Waals surface area contributed by atoms with E-state index in [1.807, 2.05) is 0 Å². The van der Waals surface area contributed by atoms with Crippen molar-refractivity contribution in [3.05, 3.63) is 35.4 Å². The summed E-state index contributed by atoms with van der Waals surface area (Å²) in [4.78, 5) is 0.896. The molecule has 0 aliphatic carbocycles. The molecule has 1 fully saturated rings. The molecular weight excluding hydrogens is 324 g/mol. The highest BCUT2D eigenvalue weighted by molar-refractivity contribution is 7.80. The molecule has 0 spiro atoms. The normalized spacial score (nSPS) is 17.4. The number of piperidine rings is 1. The Kier molecular flexibility index (Phi) is 10.1. The first-order valence-corrected chi connectivity index (χ1v) is 10.8. The fraction of sp³-hybridized carbons (Fsp3) is 0.682. The lowest BCUT2D eigenvalue weighted by Gasteiger charge is -2.25. The second-order valence-electron chi connectivity index (χ2n) is 7.44. The summed E-state index contributed by atoms with van der Waals surface area (Å²) in [6, 6.07) is 9.36. The van der Waals surface area contributed by atoms with Crippen molar-refractivity contribution in [1.82, 2.24) is 10.6 Å². The summed E-state index contributed by atoms with van der Waals surface area (Å²) in [6.07, 6.45) is 14.7. The zero-order chi connectivity index (χ0) is 17.7. The number of benzene rings is 1. The van der Waals surface area contributed by atoms with E-state index in [1.54, 1.807) is 0 Å². The maximum absolute atomic E-state index is 5.57. The van der Waals surface area contributed by atoms with E-state index >= 15 is 0 Å². The lowest BCUT2D eigenvalue weighted by atomic mass is 10.0. The van der Waals surface area contributed by atoms with Crippen LogP contribution in [0.5, 0.6) is 0 Å². The van der Waals surface area contributed by atoms with E-state index < -0.39 is 0 Å². The summed E-state index contributed by atoms with van der Waals surface area (Å²) < 4.78 is 0. The minimum atomic E-state index is 0.484. The fourth-order valence-electron chi connectivity index (χ4n) is 3.53. The maximum atomic E-state index is 5.57. The van der Waals surface area contributed by atoms with Crippen LogP contribution in [-0.2, 0) is 6.42 Å². The maximum Gasteiger partial charge on any atom is 0.106 e. The van der Waals surface area contributed by atoms with Gasteiger partial charge in [0.15, 0.2) is 0 Å².